The van der Waals surface area contributed by atoms with Crippen LogP contribution in [-0.2, 0) is 21.1 Å². The summed E-state index contributed by atoms with van der Waals surface area (Å²) in [5.74, 6) is -0.360. The van der Waals surface area contributed by atoms with E-state index >= 15 is 0 Å². The topological polar surface area (TPSA) is 66.8 Å². The molecule has 2 aliphatic rings. The van der Waals surface area contributed by atoms with E-state index in [1.54, 1.807) is 12.1 Å². The largest absolute Gasteiger partial charge is 0.346 e. The second-order valence-electron chi connectivity index (χ2n) is 6.91. The molecule has 0 unspecified atom stereocenters. The zero-order valence-corrected chi connectivity index (χ0v) is 16.5. The number of rotatable bonds is 5. The van der Waals surface area contributed by atoms with Gasteiger partial charge < -0.3 is 4.90 Å². The first-order valence-corrected chi connectivity index (χ1v) is 11.5. The van der Waals surface area contributed by atoms with Crippen molar-refractivity contribution in [3.63, 3.8) is 0 Å². The maximum absolute atomic E-state index is 13.1. The fraction of sp³-hybridized carbons (Fsp3) is 0.556. The lowest BCUT2D eigenvalue weighted by Gasteiger charge is -2.24. The van der Waals surface area contributed by atoms with Crippen LogP contribution in [-0.4, -0.2) is 53.7 Å². The van der Waals surface area contributed by atoms with Crippen LogP contribution in [0.3, 0.4) is 0 Å². The fourth-order valence-corrected chi connectivity index (χ4v) is 7.16. The molecule has 2 fully saturated rings. The highest BCUT2D eigenvalue weighted by Crippen LogP contribution is 2.38. The molecule has 1 aromatic carbocycles. The summed E-state index contributed by atoms with van der Waals surface area (Å²) in [6.45, 7) is 4.35. The molecule has 26 heavy (non-hydrogen) atoms. The molecular formula is C18H23FN2O3S2. The van der Waals surface area contributed by atoms with Gasteiger partial charge in [0.2, 0.25) is 0 Å². The Morgan fingerprint density at radius 1 is 1.35 bits per heavy atom. The van der Waals surface area contributed by atoms with Crippen LogP contribution in [0.5, 0.6) is 0 Å². The van der Waals surface area contributed by atoms with Gasteiger partial charge >= 0.3 is 0 Å². The van der Waals surface area contributed by atoms with Crippen LogP contribution in [0.4, 0.5) is 4.39 Å². The molecule has 2 aliphatic heterocycles. The number of hydrogen-bond acceptors (Lipinski definition) is 4. The molecule has 1 aromatic rings. The van der Waals surface area contributed by atoms with Gasteiger partial charge in [0, 0.05) is 17.7 Å². The lowest BCUT2D eigenvalue weighted by atomic mass is 10.1. The van der Waals surface area contributed by atoms with Gasteiger partial charge in [0.15, 0.2) is 15.0 Å². The summed E-state index contributed by atoms with van der Waals surface area (Å²) in [6, 6.07) is 6.14. The van der Waals surface area contributed by atoms with Crippen LogP contribution in [0, 0.1) is 11.7 Å². The maximum Gasteiger partial charge on any atom is 0.250 e. The van der Waals surface area contributed by atoms with E-state index in [1.165, 1.54) is 23.9 Å². The fourth-order valence-electron chi connectivity index (χ4n) is 3.18. The van der Waals surface area contributed by atoms with Gasteiger partial charge in [-0.05, 0) is 30.5 Å². The van der Waals surface area contributed by atoms with Crippen molar-refractivity contribution in [1.82, 2.24) is 4.90 Å². The minimum atomic E-state index is -3.05. The molecule has 3 rings (SSSR count). The van der Waals surface area contributed by atoms with Crippen LogP contribution < -0.4 is 0 Å². The van der Waals surface area contributed by atoms with E-state index in [-0.39, 0.29) is 40.4 Å². The molecule has 0 bridgehead atoms. The molecule has 2 heterocycles. The number of carbonyl (C=O) groups excluding carboxylic acids is 1. The summed E-state index contributed by atoms with van der Waals surface area (Å²) in [4.78, 5) is 18.5. The van der Waals surface area contributed by atoms with Gasteiger partial charge in [0.25, 0.3) is 5.91 Å². The maximum atomic E-state index is 13.1. The Morgan fingerprint density at radius 2 is 2.04 bits per heavy atom. The molecule has 2 saturated heterocycles. The van der Waals surface area contributed by atoms with Crippen LogP contribution in [0.2, 0.25) is 0 Å². The number of nitrogens with zero attached hydrogens (tertiary/aromatic N) is 2. The van der Waals surface area contributed by atoms with Crippen molar-refractivity contribution in [2.75, 3.05) is 18.1 Å². The lowest BCUT2D eigenvalue weighted by molar-refractivity contribution is -0.121. The van der Waals surface area contributed by atoms with Crippen molar-refractivity contribution in [2.24, 2.45) is 10.9 Å². The molecule has 0 aliphatic carbocycles. The summed E-state index contributed by atoms with van der Waals surface area (Å²) >= 11 is 1.40. The standard InChI is InChI=1S/C18H23FN2O3S2/c1-3-12(2)17(22)20-18-21(9-8-13-4-6-14(19)7-5-13)15-10-26(23,24)11-16(15)25-18/h4-7,12,15-16H,3,8-11H2,1-2H3/t12-,15-,16-/m0/s1. The Balaban J connectivity index is 1.79. The van der Waals surface area contributed by atoms with E-state index in [0.717, 1.165) is 12.0 Å². The highest BCUT2D eigenvalue weighted by Gasteiger charge is 2.48. The third kappa shape index (κ3) is 4.28. The predicted molar refractivity (Wildman–Crippen MR) is 103 cm³/mol. The summed E-state index contributed by atoms with van der Waals surface area (Å²) in [7, 11) is -3.05. The van der Waals surface area contributed by atoms with Crippen LogP contribution in [0.15, 0.2) is 29.3 Å². The van der Waals surface area contributed by atoms with Gasteiger partial charge in [-0.3, -0.25) is 4.79 Å². The quantitative estimate of drug-likeness (QED) is 0.762. The smallest absolute Gasteiger partial charge is 0.250 e. The highest BCUT2D eigenvalue weighted by molar-refractivity contribution is 8.15. The first kappa shape index (κ1) is 19.4. The number of halogens is 1. The molecule has 0 N–H and O–H groups in total. The van der Waals surface area contributed by atoms with Crippen molar-refractivity contribution in [3.05, 3.63) is 35.6 Å². The number of fused-ring (bicyclic) bond motifs is 1. The van der Waals surface area contributed by atoms with Crippen LogP contribution in [0.25, 0.3) is 0 Å². The Kier molecular flexibility index (Phi) is 5.72. The third-order valence-corrected chi connectivity index (χ3v) is 8.22. The summed E-state index contributed by atoms with van der Waals surface area (Å²) in [5, 5.41) is 0.555. The molecule has 0 aromatic heterocycles. The Morgan fingerprint density at radius 3 is 2.69 bits per heavy atom. The number of thioether (sulfide) groups is 1. The average molecular weight is 399 g/mol. The van der Waals surface area contributed by atoms with E-state index in [0.29, 0.717) is 18.1 Å². The van der Waals surface area contributed by atoms with Crippen LogP contribution >= 0.6 is 11.8 Å². The number of hydrogen-bond donors (Lipinski definition) is 0. The molecule has 3 atom stereocenters. The number of sulfone groups is 1. The van der Waals surface area contributed by atoms with E-state index in [4.69, 9.17) is 0 Å². The van der Waals surface area contributed by atoms with Gasteiger partial charge in [-0.1, -0.05) is 37.7 Å². The zero-order valence-electron chi connectivity index (χ0n) is 14.9. The van der Waals surface area contributed by atoms with E-state index < -0.39 is 9.84 Å². The lowest BCUT2D eigenvalue weighted by Crippen LogP contribution is -2.39. The number of amides is 1. The van der Waals surface area contributed by atoms with Gasteiger partial charge in [-0.15, -0.1) is 0 Å². The molecule has 5 nitrogen and oxygen atoms in total. The Hall–Kier alpha value is -1.41. The van der Waals surface area contributed by atoms with Crippen LogP contribution in [0.1, 0.15) is 25.8 Å². The van der Waals surface area contributed by atoms with E-state index in [1.807, 2.05) is 18.7 Å². The average Bonchev–Trinajstić information content (AvgIpc) is 3.05. The van der Waals surface area contributed by atoms with Crippen molar-refractivity contribution >= 4 is 32.7 Å². The van der Waals surface area contributed by atoms with Crippen molar-refractivity contribution < 1.29 is 17.6 Å². The molecule has 142 valence electrons. The normalized spacial score (nSPS) is 26.9. The predicted octanol–water partition coefficient (Wildman–Crippen LogP) is 2.51. The molecular weight excluding hydrogens is 375 g/mol. The van der Waals surface area contributed by atoms with Gasteiger partial charge in [-0.25, -0.2) is 12.8 Å². The minimum absolute atomic E-state index is 0.0725. The molecule has 8 heteroatoms. The number of amidine groups is 1. The van der Waals surface area contributed by atoms with Gasteiger partial charge in [-0.2, -0.15) is 4.99 Å². The minimum Gasteiger partial charge on any atom is -0.346 e. The summed E-state index contributed by atoms with van der Waals surface area (Å²) in [5.41, 5.74) is 0.966. The van der Waals surface area contributed by atoms with E-state index in [9.17, 15) is 17.6 Å². The number of benzene rings is 1. The van der Waals surface area contributed by atoms with E-state index in [2.05, 4.69) is 4.99 Å². The SMILES string of the molecule is CC[C@H](C)C(=O)N=C1S[C@H]2CS(=O)(=O)C[C@@H]2N1CCc1ccc(F)cc1. The molecule has 1 amide bonds. The summed E-state index contributed by atoms with van der Waals surface area (Å²) in [6.07, 6.45) is 1.36. The van der Waals surface area contributed by atoms with Gasteiger partial charge in [0.05, 0.1) is 17.5 Å². The Labute approximate surface area is 158 Å². The second kappa shape index (κ2) is 7.68. The first-order chi connectivity index (χ1) is 12.3. The molecule has 0 spiro atoms. The summed E-state index contributed by atoms with van der Waals surface area (Å²) < 4.78 is 37.1. The molecule has 0 saturated carbocycles. The van der Waals surface area contributed by atoms with Crippen molar-refractivity contribution in [3.8, 4) is 0 Å². The third-order valence-electron chi connectivity index (χ3n) is 4.97. The zero-order chi connectivity index (χ0) is 18.9. The highest BCUT2D eigenvalue weighted by atomic mass is 32.2. The second-order valence-corrected chi connectivity index (χ2v) is 10.3. The molecule has 0 radical (unpaired) electrons. The monoisotopic (exact) mass is 398 g/mol. The Bertz CT molecular complexity index is 808. The number of aliphatic imine (C=N–C) groups is 1. The number of carbonyl (C=O) groups is 1. The van der Waals surface area contributed by atoms with Gasteiger partial charge in [0.1, 0.15) is 5.82 Å². The first-order valence-electron chi connectivity index (χ1n) is 8.79. The van der Waals surface area contributed by atoms with Crippen molar-refractivity contribution in [2.45, 2.75) is 38.0 Å². The van der Waals surface area contributed by atoms with Crippen molar-refractivity contribution in [1.29, 1.82) is 0 Å².